The minimum atomic E-state index is -3.41. The fraction of sp³-hybridized carbons (Fsp3) is 0.667. The fourth-order valence-electron chi connectivity index (χ4n) is 1.07. The van der Waals surface area contributed by atoms with Crippen LogP contribution in [0.25, 0.3) is 0 Å². The van der Waals surface area contributed by atoms with Gasteiger partial charge in [0.05, 0.1) is 17.8 Å². The molecule has 1 aromatic heterocycles. The van der Waals surface area contributed by atoms with E-state index in [0.717, 1.165) is 16.3 Å². The van der Waals surface area contributed by atoms with E-state index in [1.165, 1.54) is 6.20 Å². The highest BCUT2D eigenvalue weighted by molar-refractivity contribution is 7.91. The van der Waals surface area contributed by atoms with Gasteiger partial charge in [-0.05, 0) is 13.3 Å². The molecule has 0 amide bonds. The standard InChI is InChI=1S/C9H15ClN2O3S2/c1-8-11-7-9(16-8)17(13,14)12-4-2-5-15-6-3-10/h7,12H,2-6H2,1H3. The van der Waals surface area contributed by atoms with Crippen molar-refractivity contribution >= 4 is 33.0 Å². The zero-order chi connectivity index (χ0) is 12.7. The summed E-state index contributed by atoms with van der Waals surface area (Å²) in [5, 5.41) is 0.732. The molecule has 0 unspecified atom stereocenters. The summed E-state index contributed by atoms with van der Waals surface area (Å²) in [4.78, 5) is 3.91. The first-order valence-corrected chi connectivity index (χ1v) is 7.95. The number of nitrogens with zero attached hydrogens (tertiary/aromatic N) is 1. The highest BCUT2D eigenvalue weighted by Gasteiger charge is 2.15. The van der Waals surface area contributed by atoms with Crippen molar-refractivity contribution < 1.29 is 13.2 Å². The number of alkyl halides is 1. The van der Waals surface area contributed by atoms with Crippen LogP contribution >= 0.6 is 22.9 Å². The monoisotopic (exact) mass is 298 g/mol. The lowest BCUT2D eigenvalue weighted by Crippen LogP contribution is -2.25. The first-order valence-electron chi connectivity index (χ1n) is 5.12. The normalized spacial score (nSPS) is 11.9. The molecule has 17 heavy (non-hydrogen) atoms. The number of hydrogen-bond donors (Lipinski definition) is 1. The molecule has 0 spiro atoms. The molecule has 1 N–H and O–H groups in total. The number of halogens is 1. The van der Waals surface area contributed by atoms with Gasteiger partial charge in [-0.3, -0.25) is 0 Å². The lowest BCUT2D eigenvalue weighted by molar-refractivity contribution is 0.147. The second kappa shape index (κ2) is 7.27. The molecule has 1 aromatic rings. The molecule has 0 saturated carbocycles. The van der Waals surface area contributed by atoms with Gasteiger partial charge in [-0.25, -0.2) is 18.1 Å². The van der Waals surface area contributed by atoms with E-state index >= 15 is 0 Å². The number of nitrogens with one attached hydrogen (secondary N) is 1. The van der Waals surface area contributed by atoms with Crippen molar-refractivity contribution in [3.63, 3.8) is 0 Å². The van der Waals surface area contributed by atoms with Gasteiger partial charge in [0, 0.05) is 19.0 Å². The minimum absolute atomic E-state index is 0.247. The van der Waals surface area contributed by atoms with Crippen LogP contribution in [0.4, 0.5) is 0 Å². The van der Waals surface area contributed by atoms with E-state index in [9.17, 15) is 8.42 Å². The Morgan fingerprint density at radius 1 is 1.53 bits per heavy atom. The molecule has 0 fully saturated rings. The lowest BCUT2D eigenvalue weighted by atomic mass is 10.5. The number of sulfonamides is 1. The Kier molecular flexibility index (Phi) is 6.35. The maximum absolute atomic E-state index is 11.7. The summed E-state index contributed by atoms with van der Waals surface area (Å²) in [5.41, 5.74) is 0. The maximum Gasteiger partial charge on any atom is 0.251 e. The summed E-state index contributed by atoms with van der Waals surface area (Å²) in [5.74, 6) is 0.450. The van der Waals surface area contributed by atoms with E-state index in [1.54, 1.807) is 6.92 Å². The third-order valence-electron chi connectivity index (χ3n) is 1.84. The predicted octanol–water partition coefficient (Wildman–Crippen LogP) is 1.38. The molecular weight excluding hydrogens is 284 g/mol. The zero-order valence-electron chi connectivity index (χ0n) is 9.48. The second-order valence-electron chi connectivity index (χ2n) is 3.25. The predicted molar refractivity (Wildman–Crippen MR) is 68.2 cm³/mol. The Hall–Kier alpha value is -0.210. The van der Waals surface area contributed by atoms with Crippen molar-refractivity contribution in [2.75, 3.05) is 25.6 Å². The average Bonchev–Trinajstić information content (AvgIpc) is 2.71. The highest BCUT2D eigenvalue weighted by atomic mass is 35.5. The van der Waals surface area contributed by atoms with E-state index in [2.05, 4.69) is 9.71 Å². The van der Waals surface area contributed by atoms with Gasteiger partial charge in [0.25, 0.3) is 10.0 Å². The van der Waals surface area contributed by atoms with Gasteiger partial charge in [0.2, 0.25) is 0 Å². The smallest absolute Gasteiger partial charge is 0.251 e. The summed E-state index contributed by atoms with van der Waals surface area (Å²) in [7, 11) is -3.41. The number of hydrogen-bond acceptors (Lipinski definition) is 5. The molecule has 98 valence electrons. The number of thiazole rings is 1. The van der Waals surface area contributed by atoms with Gasteiger partial charge in [0.15, 0.2) is 4.21 Å². The highest BCUT2D eigenvalue weighted by Crippen LogP contribution is 2.17. The Morgan fingerprint density at radius 2 is 2.29 bits per heavy atom. The van der Waals surface area contributed by atoms with Crippen LogP contribution in [-0.2, 0) is 14.8 Å². The first kappa shape index (κ1) is 14.8. The van der Waals surface area contributed by atoms with Crippen LogP contribution in [0.15, 0.2) is 10.4 Å². The van der Waals surface area contributed by atoms with E-state index in [4.69, 9.17) is 16.3 Å². The average molecular weight is 299 g/mol. The summed E-state index contributed by atoms with van der Waals surface area (Å²) < 4.78 is 31.3. The quantitative estimate of drug-likeness (QED) is 0.581. The van der Waals surface area contributed by atoms with Gasteiger partial charge >= 0.3 is 0 Å². The molecular formula is C9H15ClN2O3S2. The van der Waals surface area contributed by atoms with Gasteiger partial charge < -0.3 is 4.74 Å². The van der Waals surface area contributed by atoms with E-state index in [-0.39, 0.29) is 4.21 Å². The van der Waals surface area contributed by atoms with Gasteiger partial charge in [-0.15, -0.1) is 22.9 Å². The van der Waals surface area contributed by atoms with E-state index in [1.807, 2.05) is 0 Å². The van der Waals surface area contributed by atoms with E-state index < -0.39 is 10.0 Å². The van der Waals surface area contributed by atoms with Crippen molar-refractivity contribution in [3.8, 4) is 0 Å². The third kappa shape index (κ3) is 5.31. The Morgan fingerprint density at radius 3 is 2.88 bits per heavy atom. The Balaban J connectivity index is 2.31. The molecule has 0 aromatic carbocycles. The minimum Gasteiger partial charge on any atom is -0.380 e. The number of aryl methyl sites for hydroxylation is 1. The second-order valence-corrected chi connectivity index (χ2v) is 6.86. The van der Waals surface area contributed by atoms with Crippen molar-refractivity contribution in [2.45, 2.75) is 17.6 Å². The summed E-state index contributed by atoms with van der Waals surface area (Å²) in [6.07, 6.45) is 1.99. The zero-order valence-corrected chi connectivity index (χ0v) is 11.9. The Bertz CT molecular complexity index is 433. The lowest BCUT2D eigenvalue weighted by Gasteiger charge is -2.04. The molecule has 0 saturated heterocycles. The van der Waals surface area contributed by atoms with Crippen LogP contribution < -0.4 is 4.72 Å². The molecule has 8 heteroatoms. The molecule has 0 atom stereocenters. The first-order chi connectivity index (χ1) is 8.06. The maximum atomic E-state index is 11.7. The molecule has 0 aliphatic rings. The van der Waals surface area contributed by atoms with Crippen LogP contribution in [0.5, 0.6) is 0 Å². The van der Waals surface area contributed by atoms with Crippen LogP contribution in [-0.4, -0.2) is 39.0 Å². The third-order valence-corrected chi connectivity index (χ3v) is 4.83. The topological polar surface area (TPSA) is 68.3 Å². The van der Waals surface area contributed by atoms with Crippen LogP contribution in [0.3, 0.4) is 0 Å². The molecule has 1 rings (SSSR count). The number of aromatic nitrogens is 1. The van der Waals surface area contributed by atoms with Crippen LogP contribution in [0.2, 0.25) is 0 Å². The van der Waals surface area contributed by atoms with Crippen LogP contribution in [0.1, 0.15) is 11.4 Å². The summed E-state index contributed by atoms with van der Waals surface area (Å²) in [6.45, 7) is 3.10. The van der Waals surface area contributed by atoms with Gasteiger partial charge in [-0.2, -0.15) is 0 Å². The van der Waals surface area contributed by atoms with Crippen molar-refractivity contribution in [1.29, 1.82) is 0 Å². The fourth-order valence-corrected chi connectivity index (χ4v) is 3.41. The van der Waals surface area contributed by atoms with Crippen LogP contribution in [0, 0.1) is 6.92 Å². The number of rotatable bonds is 8. The summed E-state index contributed by atoms with van der Waals surface area (Å²) in [6, 6.07) is 0. The largest absolute Gasteiger partial charge is 0.380 e. The molecule has 0 aliphatic carbocycles. The molecule has 0 bridgehead atoms. The van der Waals surface area contributed by atoms with Gasteiger partial charge in [-0.1, -0.05) is 0 Å². The van der Waals surface area contributed by atoms with Crippen molar-refractivity contribution in [3.05, 3.63) is 11.2 Å². The molecule has 1 heterocycles. The Labute approximate surface area is 110 Å². The SMILES string of the molecule is Cc1ncc(S(=O)(=O)NCCCOCCCl)s1. The number of ether oxygens (including phenoxy) is 1. The van der Waals surface area contributed by atoms with Crippen molar-refractivity contribution in [1.82, 2.24) is 9.71 Å². The molecule has 5 nitrogen and oxygen atoms in total. The van der Waals surface area contributed by atoms with Gasteiger partial charge in [0.1, 0.15) is 0 Å². The van der Waals surface area contributed by atoms with Crippen molar-refractivity contribution in [2.24, 2.45) is 0 Å². The molecule has 0 aliphatic heterocycles. The summed E-state index contributed by atoms with van der Waals surface area (Å²) >= 11 is 6.58. The van der Waals surface area contributed by atoms with E-state index in [0.29, 0.717) is 32.1 Å². The molecule has 0 radical (unpaired) electrons.